The number of phenols is 1. The Hall–Kier alpha value is -7.40. The molecule has 0 aliphatic carbocycles. The molecule has 14 N–H and O–H groups in total. The number of benzene rings is 3. The predicted octanol–water partition coefficient (Wildman–Crippen LogP) is -2.35. The van der Waals surface area contributed by atoms with Crippen molar-refractivity contribution in [1.29, 1.82) is 0 Å². The number of ether oxygens (including phenoxy) is 3. The van der Waals surface area contributed by atoms with Crippen LogP contribution in [-0.4, -0.2) is 240 Å². The zero-order valence-corrected chi connectivity index (χ0v) is 64.8. The van der Waals surface area contributed by atoms with Gasteiger partial charge in [0.15, 0.2) is 11.5 Å². The summed E-state index contributed by atoms with van der Waals surface area (Å²) in [6.45, 7) is 8.54. The second kappa shape index (κ2) is 43.1. The second-order valence-corrected chi connectivity index (χ2v) is 28.9. The van der Waals surface area contributed by atoms with Crippen LogP contribution in [0.5, 0.6) is 17.2 Å². The molecule has 3 saturated heterocycles. The quantitative estimate of drug-likeness (QED) is 0.00825. The number of phenolic OH excluding ortho intramolecular Hbond substituents is 1. The summed E-state index contributed by atoms with van der Waals surface area (Å²) in [7, 11) is 1.69. The van der Waals surface area contributed by atoms with Gasteiger partial charge in [-0.3, -0.25) is 43.4 Å². The minimum absolute atomic E-state index is 0. The van der Waals surface area contributed by atoms with E-state index in [9.17, 15) is 74.6 Å². The Balaban J connectivity index is 0.0000179. The van der Waals surface area contributed by atoms with Crippen molar-refractivity contribution in [3.63, 3.8) is 0 Å². The van der Waals surface area contributed by atoms with Crippen LogP contribution in [0.1, 0.15) is 135 Å². The third-order valence-electron chi connectivity index (χ3n) is 17.9. The van der Waals surface area contributed by atoms with Gasteiger partial charge >= 0.3 is 35.7 Å². The average Bonchev–Trinajstić information content (AvgIpc) is 1.67. The van der Waals surface area contributed by atoms with Gasteiger partial charge in [-0.05, 0) is 107 Å². The van der Waals surface area contributed by atoms with E-state index in [4.69, 9.17) is 18.4 Å². The molecule has 34 nitrogen and oxygen atoms in total. The van der Waals surface area contributed by atoms with E-state index in [1.165, 1.54) is 36.5 Å². The molecule has 3 aliphatic rings. The first-order valence-corrected chi connectivity index (χ1v) is 36.7. The Morgan fingerprint density at radius 2 is 1.38 bits per heavy atom. The van der Waals surface area contributed by atoms with Crippen LogP contribution in [0.15, 0.2) is 66.7 Å². The van der Waals surface area contributed by atoms with Gasteiger partial charge in [-0.25, -0.2) is 4.79 Å². The second-order valence-electron chi connectivity index (χ2n) is 27.5. The predicted molar refractivity (Wildman–Crippen MR) is 380 cm³/mol. The number of carbonyl (C=O) groups is 9. The summed E-state index contributed by atoms with van der Waals surface area (Å²) >= 11 is 1.28. The molecule has 584 valence electrons. The van der Waals surface area contributed by atoms with Crippen LogP contribution in [0, 0.1) is 5.92 Å². The Morgan fingerprint density at radius 3 is 2.03 bits per heavy atom. The van der Waals surface area contributed by atoms with E-state index in [-0.39, 0.29) is 65.2 Å². The summed E-state index contributed by atoms with van der Waals surface area (Å²) in [6, 6.07) is 4.06. The summed E-state index contributed by atoms with van der Waals surface area (Å²) in [5.74, 6) is -10.0. The van der Waals surface area contributed by atoms with Crippen molar-refractivity contribution in [2.45, 2.75) is 210 Å². The van der Waals surface area contributed by atoms with Gasteiger partial charge in [0, 0.05) is 81.8 Å². The van der Waals surface area contributed by atoms with Gasteiger partial charge in [-0.15, -0.1) is 14.5 Å². The zero-order chi connectivity index (χ0) is 77.4. The number of aromatic hydroxyl groups is 1. The molecule has 4 aromatic rings. The molecule has 107 heavy (non-hydrogen) atoms. The molecule has 3 aromatic carbocycles. The number of methoxy groups -OCH3 is 1. The Bertz CT molecular complexity index is 3580. The zero-order valence-electron chi connectivity index (χ0n) is 61.1. The van der Waals surface area contributed by atoms with Gasteiger partial charge in [-0.2, -0.15) is 0 Å². The average molecular weight is 1550 g/mol. The maximum atomic E-state index is 15.3. The molecule has 37 heteroatoms. The number of β-amino-alcohol motifs (C(OH)–C–C–N with tert-alkyl or cyclic N) is 1. The molecule has 0 unspecified atom stereocenters. The standard InChI is InChI=1S/C70H99N11O23S2.Na/c1-8-9-13-16-47(74-69(97)101-70(4,5)6)60(90)71-28-27-51(86)56-68(96)81-36-38(2)58(88)57(81)64(94)72-35-44(83)33-48(73-59(89)41-18-20-42(21-19-41)65-78-79-66(105-65)43-22-24-46(25-23-43)100-30-15-12-10-11-14-29-99-7)61(91)75-54(39(3)82)67(95)80-37-45(84)34-49(80)62(92)76-55(63(93)77-56)52(87)31-40-17-26-50(85)53(32-40)102-106-104-103-98;/h17-26,32,38-39,44-45,47-49,51-52,54-58,82-88,98H,8-16,27-31,33-37H2,1-7H3,(H,71,90)(H,72,94)(H,73,89)(H,74,97)(H,75,91)(H,76,92)(H,77,93);/q;+1/p-1/t38-,39+,44+,45+,47+,48+,49+,51-,52-,54+,55+,56+,57+,58+;/m1./s1. The smallest absolute Gasteiger partial charge is 0.691 e. The molecule has 9 amide bonds. The van der Waals surface area contributed by atoms with Crippen LogP contribution in [0.25, 0.3) is 21.1 Å². The number of aromatic nitrogens is 2. The van der Waals surface area contributed by atoms with Crippen molar-refractivity contribution in [1.82, 2.24) is 57.2 Å². The van der Waals surface area contributed by atoms with E-state index in [1.54, 1.807) is 40.0 Å². The largest absolute Gasteiger partial charge is 1.00 e. The van der Waals surface area contributed by atoms with Crippen LogP contribution in [0.4, 0.5) is 4.79 Å². The van der Waals surface area contributed by atoms with E-state index in [1.807, 2.05) is 31.2 Å². The minimum atomic E-state index is -2.23. The normalized spacial score (nSPS) is 23.1. The number of unbranched alkanes of at least 4 members (excludes halogenated alkanes) is 6. The van der Waals surface area contributed by atoms with E-state index >= 15 is 9.59 Å². The fourth-order valence-electron chi connectivity index (χ4n) is 12.3. The summed E-state index contributed by atoms with van der Waals surface area (Å²) in [6.07, 6.45) is -6.85. The number of fused-ring (bicyclic) bond motifs is 2. The van der Waals surface area contributed by atoms with Crippen LogP contribution >= 0.6 is 23.7 Å². The molecule has 3 fully saturated rings. The van der Waals surface area contributed by atoms with Gasteiger partial charge in [0.05, 0.1) is 43.2 Å². The molecule has 0 spiro atoms. The molecule has 3 aliphatic heterocycles. The van der Waals surface area contributed by atoms with Crippen molar-refractivity contribution in [3.8, 4) is 38.4 Å². The number of aliphatic hydroxyl groups excluding tert-OH is 6. The topological polar surface area (TPSA) is 490 Å². The van der Waals surface area contributed by atoms with E-state index in [0.29, 0.717) is 40.8 Å². The van der Waals surface area contributed by atoms with Crippen LogP contribution in [0.3, 0.4) is 0 Å². The number of aliphatic hydroxyl groups is 6. The number of carbonyl (C=O) groups excluding carboxylic acids is 9. The molecular formula is C70H98N11NaO23S2. The first-order valence-electron chi connectivity index (χ1n) is 35.2. The van der Waals surface area contributed by atoms with Gasteiger partial charge in [-0.1, -0.05) is 81.9 Å². The number of hydrogen-bond donors (Lipinski definition) is 14. The number of amides is 9. The Morgan fingerprint density at radius 1 is 0.748 bits per heavy atom. The van der Waals surface area contributed by atoms with Gasteiger partial charge in [0.25, 0.3) is 18.2 Å². The summed E-state index contributed by atoms with van der Waals surface area (Å²) in [5.41, 5.74) is 0.484. The van der Waals surface area contributed by atoms with E-state index < -0.39 is 201 Å². The third kappa shape index (κ3) is 26.4. The molecule has 7 rings (SSSR count). The van der Waals surface area contributed by atoms with Crippen molar-refractivity contribution < 1.29 is 141 Å². The Kier molecular flexibility index (Phi) is 35.7. The molecular weight excluding hydrogens is 1450 g/mol. The van der Waals surface area contributed by atoms with Gasteiger partial charge in [0.2, 0.25) is 41.4 Å². The first kappa shape index (κ1) is 88.5. The third-order valence-corrected chi connectivity index (χ3v) is 19.3. The van der Waals surface area contributed by atoms with Crippen LogP contribution in [-0.2, 0) is 58.8 Å². The number of hydrogen-bond acceptors (Lipinski definition) is 27. The molecule has 0 bridgehead atoms. The number of nitrogens with one attached hydrogen (secondary N) is 7. The van der Waals surface area contributed by atoms with Crippen LogP contribution < -0.4 is 81.0 Å². The van der Waals surface area contributed by atoms with E-state index in [0.717, 1.165) is 79.6 Å². The Labute approximate surface area is 650 Å². The van der Waals surface area contributed by atoms with Crippen molar-refractivity contribution in [2.24, 2.45) is 5.92 Å². The van der Waals surface area contributed by atoms with Crippen molar-refractivity contribution in [2.75, 3.05) is 46.5 Å². The van der Waals surface area contributed by atoms with Crippen LogP contribution in [0.2, 0.25) is 0 Å². The summed E-state index contributed by atoms with van der Waals surface area (Å²) in [4.78, 5) is 132. The maximum absolute atomic E-state index is 15.3. The maximum Gasteiger partial charge on any atom is 1.00 e. The molecule has 0 radical (unpaired) electrons. The summed E-state index contributed by atoms with van der Waals surface area (Å²) < 4.78 is 25.7. The van der Waals surface area contributed by atoms with Crippen molar-refractivity contribution >= 4 is 77.0 Å². The van der Waals surface area contributed by atoms with Gasteiger partial charge < -0.3 is 106 Å². The van der Waals surface area contributed by atoms with E-state index in [2.05, 4.69) is 56.8 Å². The fraction of sp³-hybridized carbons (Fsp3) is 0.586. The first-order chi connectivity index (χ1) is 50.5. The minimum Gasteiger partial charge on any atom is -0.691 e. The molecule has 4 heterocycles. The monoisotopic (exact) mass is 1550 g/mol. The molecule has 14 atom stereocenters. The summed E-state index contributed by atoms with van der Waals surface area (Å²) in [5, 5.41) is 122. The molecule has 0 saturated carbocycles. The number of alkyl carbamates (subject to hydrolysis) is 1. The SMILES string of the molecule is CCCCC[C@H](NC(=O)OC(C)(C)C)C(=O)NCC[C@@H](O)[C@@H]1NC(=O)[C@H]([C@H](O)Cc2ccc(O)c(OSOO[O-])c2)NC(=O)[C@@H]2C[C@H](O)CN2C(=O)[C@H]([C@H](C)O)NC(=O)[C@@H](NC(=O)c2ccc(-c3nnc(-c4ccc(OCCCCCCCOC)cc4)s3)cc2)C[C@H](O)CNC(=O)[C@@H]2[C@@H](O)[C@H](C)CN2C1=O.[Na+]. The van der Waals surface area contributed by atoms with Crippen molar-refractivity contribution in [3.05, 3.63) is 77.9 Å². The fourth-order valence-corrected chi connectivity index (χ4v) is 13.4. The molecule has 1 aromatic heterocycles. The number of nitrogens with zero attached hydrogens (tertiary/aromatic N) is 4. The van der Waals surface area contributed by atoms with Gasteiger partial charge in [0.1, 0.15) is 63.7 Å². The number of rotatable bonds is 31.